The van der Waals surface area contributed by atoms with E-state index in [2.05, 4.69) is 26.5 Å². The Labute approximate surface area is 134 Å². The molecule has 21 heavy (non-hydrogen) atoms. The number of halogens is 4. The summed E-state index contributed by atoms with van der Waals surface area (Å²) in [4.78, 5) is 0. The van der Waals surface area contributed by atoms with Crippen molar-refractivity contribution in [3.05, 3.63) is 50.7 Å². The van der Waals surface area contributed by atoms with E-state index in [1.165, 1.54) is 12.3 Å². The van der Waals surface area contributed by atoms with Gasteiger partial charge in [0.25, 0.3) is 0 Å². The fourth-order valence-electron chi connectivity index (χ4n) is 2.11. The van der Waals surface area contributed by atoms with Crippen LogP contribution < -0.4 is 11.3 Å². The Bertz CT molecular complexity index is 660. The average molecular weight is 380 g/mol. The van der Waals surface area contributed by atoms with Gasteiger partial charge in [-0.2, -0.15) is 5.10 Å². The maximum Gasteiger partial charge on any atom is 0.173 e. The maximum atomic E-state index is 13.7. The number of rotatable bonds is 4. The second-order valence-corrected chi connectivity index (χ2v) is 5.98. The summed E-state index contributed by atoms with van der Waals surface area (Å²) in [5.41, 5.74) is 3.60. The quantitative estimate of drug-likeness (QED) is 0.484. The van der Waals surface area contributed by atoms with Gasteiger partial charge in [0.15, 0.2) is 11.6 Å². The van der Waals surface area contributed by atoms with Gasteiger partial charge in [-0.05, 0) is 41.4 Å². The minimum Gasteiger partial charge on any atom is -0.271 e. The number of nitrogens with zero attached hydrogens (tertiary/aromatic N) is 2. The normalized spacial score (nSPS) is 13.0. The molecule has 0 spiro atoms. The van der Waals surface area contributed by atoms with Gasteiger partial charge in [0.1, 0.15) is 0 Å². The van der Waals surface area contributed by atoms with E-state index in [9.17, 15) is 8.78 Å². The van der Waals surface area contributed by atoms with Crippen molar-refractivity contribution >= 4 is 27.5 Å². The lowest BCUT2D eigenvalue weighted by Gasteiger charge is -2.22. The zero-order valence-corrected chi connectivity index (χ0v) is 13.7. The van der Waals surface area contributed by atoms with E-state index >= 15 is 0 Å². The molecule has 0 saturated heterocycles. The van der Waals surface area contributed by atoms with Crippen LogP contribution in [0.15, 0.2) is 22.8 Å². The van der Waals surface area contributed by atoms with Crippen molar-refractivity contribution in [2.45, 2.75) is 25.9 Å². The highest BCUT2D eigenvalue weighted by Gasteiger charge is 2.26. The Morgan fingerprint density at radius 2 is 2.05 bits per heavy atom. The fourth-order valence-corrected chi connectivity index (χ4v) is 2.90. The highest BCUT2D eigenvalue weighted by Crippen LogP contribution is 2.35. The molecule has 0 aliphatic rings. The smallest absolute Gasteiger partial charge is 0.173 e. The number of aromatic nitrogens is 2. The molecule has 1 heterocycles. The van der Waals surface area contributed by atoms with Crippen LogP contribution in [0.25, 0.3) is 0 Å². The number of hydrogen-bond acceptors (Lipinski definition) is 3. The highest BCUT2D eigenvalue weighted by molar-refractivity contribution is 9.10. The van der Waals surface area contributed by atoms with Crippen LogP contribution in [-0.4, -0.2) is 9.78 Å². The van der Waals surface area contributed by atoms with E-state index in [4.69, 9.17) is 17.4 Å². The molecule has 0 bridgehead atoms. The molecule has 1 unspecified atom stereocenters. The Morgan fingerprint density at radius 1 is 1.38 bits per heavy atom. The SMILES string of the molecule is CC(C)n1ncc(Cl)c1C(NN)c1ccc(F)c(F)c1Br. The Kier molecular flexibility index (Phi) is 4.98. The minimum atomic E-state index is -0.973. The molecule has 0 saturated carbocycles. The number of hydrazine groups is 1. The van der Waals surface area contributed by atoms with Crippen molar-refractivity contribution in [2.24, 2.45) is 5.84 Å². The predicted molar refractivity (Wildman–Crippen MR) is 80.8 cm³/mol. The lowest BCUT2D eigenvalue weighted by molar-refractivity contribution is 0.469. The molecule has 1 atom stereocenters. The van der Waals surface area contributed by atoms with Gasteiger partial charge in [-0.3, -0.25) is 10.5 Å². The Balaban J connectivity index is 2.61. The molecule has 1 aromatic heterocycles. The summed E-state index contributed by atoms with van der Waals surface area (Å²) >= 11 is 9.23. The second-order valence-electron chi connectivity index (χ2n) is 4.78. The van der Waals surface area contributed by atoms with Crippen LogP contribution in [-0.2, 0) is 0 Å². The third-order valence-corrected chi connectivity index (χ3v) is 4.19. The number of nitrogens with two attached hydrogens (primary N) is 1. The highest BCUT2D eigenvalue weighted by atomic mass is 79.9. The van der Waals surface area contributed by atoms with Crippen molar-refractivity contribution in [3.63, 3.8) is 0 Å². The van der Waals surface area contributed by atoms with Crippen molar-refractivity contribution in [3.8, 4) is 0 Å². The summed E-state index contributed by atoms with van der Waals surface area (Å²) in [6, 6.07) is 1.89. The number of benzene rings is 1. The summed E-state index contributed by atoms with van der Waals surface area (Å²) in [6.07, 6.45) is 1.50. The molecule has 0 aliphatic carbocycles. The van der Waals surface area contributed by atoms with Gasteiger partial charge < -0.3 is 0 Å². The van der Waals surface area contributed by atoms with Crippen molar-refractivity contribution in [1.29, 1.82) is 0 Å². The second kappa shape index (κ2) is 6.39. The summed E-state index contributed by atoms with van der Waals surface area (Å²) in [7, 11) is 0. The van der Waals surface area contributed by atoms with Gasteiger partial charge in [0.05, 0.1) is 27.4 Å². The first-order chi connectivity index (χ1) is 9.88. The topological polar surface area (TPSA) is 55.9 Å². The average Bonchev–Trinajstić information content (AvgIpc) is 2.82. The third-order valence-electron chi connectivity index (χ3n) is 3.09. The van der Waals surface area contributed by atoms with E-state index in [1.54, 1.807) is 4.68 Å². The molecule has 2 aromatic rings. The summed E-state index contributed by atoms with van der Waals surface area (Å²) in [5.74, 6) is 3.69. The zero-order valence-electron chi connectivity index (χ0n) is 11.4. The number of hydrogen-bond donors (Lipinski definition) is 2. The van der Waals surface area contributed by atoms with Gasteiger partial charge in [0, 0.05) is 6.04 Å². The molecular formula is C13H14BrClF2N4. The molecule has 0 fully saturated rings. The summed E-state index contributed by atoms with van der Waals surface area (Å²) in [5, 5.41) is 4.58. The summed E-state index contributed by atoms with van der Waals surface area (Å²) < 4.78 is 28.7. The monoisotopic (exact) mass is 378 g/mol. The van der Waals surface area contributed by atoms with Crippen molar-refractivity contribution in [1.82, 2.24) is 15.2 Å². The van der Waals surface area contributed by atoms with E-state index in [0.717, 1.165) is 6.07 Å². The van der Waals surface area contributed by atoms with Crippen molar-refractivity contribution in [2.75, 3.05) is 0 Å². The first kappa shape index (κ1) is 16.4. The van der Waals surface area contributed by atoms with Crippen LogP contribution in [0.2, 0.25) is 5.02 Å². The predicted octanol–water partition coefficient (Wildman–Crippen LogP) is 3.71. The summed E-state index contributed by atoms with van der Waals surface area (Å²) in [6.45, 7) is 3.86. The third kappa shape index (κ3) is 2.96. The molecule has 0 aliphatic heterocycles. The molecule has 0 radical (unpaired) electrons. The van der Waals surface area contributed by atoms with Gasteiger partial charge in [-0.25, -0.2) is 14.2 Å². The minimum absolute atomic E-state index is 0.00183. The van der Waals surface area contributed by atoms with E-state index in [0.29, 0.717) is 16.3 Å². The molecule has 2 rings (SSSR count). The van der Waals surface area contributed by atoms with Gasteiger partial charge in [0.2, 0.25) is 0 Å². The molecule has 0 amide bonds. The molecule has 114 valence electrons. The van der Waals surface area contributed by atoms with Crippen molar-refractivity contribution < 1.29 is 8.78 Å². The van der Waals surface area contributed by atoms with Gasteiger partial charge in [-0.15, -0.1) is 0 Å². The zero-order chi connectivity index (χ0) is 15.7. The molecule has 3 N–H and O–H groups in total. The number of nitrogens with one attached hydrogen (secondary N) is 1. The Hall–Kier alpha value is -1.02. The van der Waals surface area contributed by atoms with Crippen LogP contribution in [0.3, 0.4) is 0 Å². The van der Waals surface area contributed by atoms with Crippen LogP contribution in [0.1, 0.15) is 37.2 Å². The standard InChI is InChI=1S/C13H14BrClF2N4/c1-6(2)21-13(8(15)5-19-21)12(20-18)7-3-4-9(16)11(17)10(7)14/h3-6,12,20H,18H2,1-2H3. The maximum absolute atomic E-state index is 13.7. The molecular weight excluding hydrogens is 366 g/mol. The van der Waals surface area contributed by atoms with Gasteiger partial charge in [-0.1, -0.05) is 17.7 Å². The molecule has 1 aromatic carbocycles. The lowest BCUT2D eigenvalue weighted by Crippen LogP contribution is -2.31. The van der Waals surface area contributed by atoms with Crippen LogP contribution >= 0.6 is 27.5 Å². The van der Waals surface area contributed by atoms with E-state index < -0.39 is 17.7 Å². The van der Waals surface area contributed by atoms with Crippen LogP contribution in [0.5, 0.6) is 0 Å². The lowest BCUT2D eigenvalue weighted by atomic mass is 10.0. The first-order valence-electron chi connectivity index (χ1n) is 6.20. The van der Waals surface area contributed by atoms with Crippen LogP contribution in [0.4, 0.5) is 8.78 Å². The molecule has 4 nitrogen and oxygen atoms in total. The van der Waals surface area contributed by atoms with E-state index in [-0.39, 0.29) is 10.5 Å². The van der Waals surface area contributed by atoms with Gasteiger partial charge >= 0.3 is 0 Å². The molecule has 8 heteroatoms. The first-order valence-corrected chi connectivity index (χ1v) is 7.38. The Morgan fingerprint density at radius 3 is 2.62 bits per heavy atom. The van der Waals surface area contributed by atoms with E-state index in [1.807, 2.05) is 13.8 Å². The largest absolute Gasteiger partial charge is 0.271 e. The van der Waals surface area contributed by atoms with Crippen LogP contribution in [0, 0.1) is 11.6 Å². The fraction of sp³-hybridized carbons (Fsp3) is 0.308.